The second-order valence-electron chi connectivity index (χ2n) is 5.17. The van der Waals surface area contributed by atoms with Crippen LogP contribution in [0.2, 0.25) is 5.02 Å². The molecule has 1 aliphatic rings. The summed E-state index contributed by atoms with van der Waals surface area (Å²) in [5, 5.41) is 6.34. The highest BCUT2D eigenvalue weighted by atomic mass is 35.5. The van der Waals surface area contributed by atoms with Gasteiger partial charge in [-0.3, -0.25) is 25.4 Å². The number of thiocarbonyl (C=S) groups is 1. The number of nitrogens with one attached hydrogen (secondary N) is 4. The highest BCUT2D eigenvalue weighted by Crippen LogP contribution is 2.17. The summed E-state index contributed by atoms with van der Waals surface area (Å²) >= 11 is 10.9. The second kappa shape index (κ2) is 8.64. The van der Waals surface area contributed by atoms with Gasteiger partial charge < -0.3 is 10.6 Å². The Bertz CT molecular complexity index is 592. The summed E-state index contributed by atoms with van der Waals surface area (Å²) in [7, 11) is 0. The number of aromatic nitrogens is 1. The van der Waals surface area contributed by atoms with Crippen LogP contribution in [0.25, 0.3) is 0 Å². The number of hydrazine groups is 1. The average molecular weight is 356 g/mol. The van der Waals surface area contributed by atoms with Gasteiger partial charge in [0.1, 0.15) is 5.69 Å². The third-order valence-electron chi connectivity index (χ3n) is 3.37. The van der Waals surface area contributed by atoms with Crippen molar-refractivity contribution in [1.82, 2.24) is 26.5 Å². The standard InChI is InChI=1S/C14H18ClN5O2S/c15-9-5-6-16-11(7-9)13(22)17-8-12(21)19-20-14(23)18-10-3-1-2-4-10/h5-7,10H,1-4,8H2,(H,17,22)(H,19,21)(H2,18,20,23). The van der Waals surface area contributed by atoms with E-state index in [9.17, 15) is 9.59 Å². The molecule has 0 atom stereocenters. The molecule has 1 aromatic heterocycles. The first-order valence-electron chi connectivity index (χ1n) is 7.29. The van der Waals surface area contributed by atoms with Crippen molar-refractivity contribution >= 4 is 40.7 Å². The van der Waals surface area contributed by atoms with E-state index >= 15 is 0 Å². The van der Waals surface area contributed by atoms with E-state index in [-0.39, 0.29) is 12.2 Å². The number of hydrogen-bond acceptors (Lipinski definition) is 4. The summed E-state index contributed by atoms with van der Waals surface area (Å²) in [4.78, 5) is 27.3. The molecule has 4 N–H and O–H groups in total. The Morgan fingerprint density at radius 3 is 2.74 bits per heavy atom. The van der Waals surface area contributed by atoms with Crippen molar-refractivity contribution in [3.05, 3.63) is 29.0 Å². The molecule has 0 aromatic carbocycles. The van der Waals surface area contributed by atoms with E-state index in [0.717, 1.165) is 12.8 Å². The fraction of sp³-hybridized carbons (Fsp3) is 0.429. The zero-order valence-corrected chi connectivity index (χ0v) is 14.0. The number of amides is 2. The van der Waals surface area contributed by atoms with Crippen molar-refractivity contribution in [3.8, 4) is 0 Å². The van der Waals surface area contributed by atoms with Crippen LogP contribution in [0.1, 0.15) is 36.2 Å². The van der Waals surface area contributed by atoms with Crippen LogP contribution in [0, 0.1) is 0 Å². The molecule has 0 bridgehead atoms. The van der Waals surface area contributed by atoms with Gasteiger partial charge in [-0.15, -0.1) is 0 Å². The van der Waals surface area contributed by atoms with E-state index in [1.165, 1.54) is 25.1 Å². The Morgan fingerprint density at radius 1 is 1.30 bits per heavy atom. The first kappa shape index (κ1) is 17.4. The second-order valence-corrected chi connectivity index (χ2v) is 6.01. The van der Waals surface area contributed by atoms with E-state index in [1.54, 1.807) is 6.07 Å². The van der Waals surface area contributed by atoms with Gasteiger partial charge in [0.25, 0.3) is 11.8 Å². The van der Waals surface area contributed by atoms with Gasteiger partial charge >= 0.3 is 0 Å². The lowest BCUT2D eigenvalue weighted by molar-refractivity contribution is -0.120. The van der Waals surface area contributed by atoms with Crippen molar-refractivity contribution in [2.24, 2.45) is 0 Å². The molecule has 0 radical (unpaired) electrons. The van der Waals surface area contributed by atoms with Crippen LogP contribution in [0.3, 0.4) is 0 Å². The zero-order valence-electron chi connectivity index (χ0n) is 12.4. The molecule has 0 unspecified atom stereocenters. The molecule has 124 valence electrons. The lowest BCUT2D eigenvalue weighted by atomic mass is 10.3. The normalized spacial score (nSPS) is 14.1. The summed E-state index contributed by atoms with van der Waals surface area (Å²) in [6.07, 6.45) is 5.97. The van der Waals surface area contributed by atoms with E-state index < -0.39 is 11.8 Å². The van der Waals surface area contributed by atoms with Gasteiger partial charge in [0.2, 0.25) is 0 Å². The molecule has 2 amide bonds. The quantitative estimate of drug-likeness (QED) is 0.473. The minimum Gasteiger partial charge on any atom is -0.359 e. The molecule has 7 nitrogen and oxygen atoms in total. The van der Waals surface area contributed by atoms with E-state index in [0.29, 0.717) is 16.2 Å². The molecule has 1 heterocycles. The summed E-state index contributed by atoms with van der Waals surface area (Å²) in [6.45, 7) is -0.202. The molecule has 0 saturated heterocycles. The van der Waals surface area contributed by atoms with E-state index in [1.807, 2.05) is 0 Å². The van der Waals surface area contributed by atoms with Crippen molar-refractivity contribution in [1.29, 1.82) is 0 Å². The topological polar surface area (TPSA) is 95.2 Å². The van der Waals surface area contributed by atoms with Crippen LogP contribution >= 0.6 is 23.8 Å². The fourth-order valence-electron chi connectivity index (χ4n) is 2.24. The lowest BCUT2D eigenvalue weighted by Gasteiger charge is -2.16. The smallest absolute Gasteiger partial charge is 0.270 e. The van der Waals surface area contributed by atoms with Crippen LogP contribution in [0.15, 0.2) is 18.3 Å². The summed E-state index contributed by atoms with van der Waals surface area (Å²) in [6, 6.07) is 3.35. The summed E-state index contributed by atoms with van der Waals surface area (Å²) in [5.74, 6) is -0.898. The highest BCUT2D eigenvalue weighted by molar-refractivity contribution is 7.80. The lowest BCUT2D eigenvalue weighted by Crippen LogP contribution is -2.51. The maximum atomic E-state index is 11.8. The van der Waals surface area contributed by atoms with Gasteiger partial charge in [-0.05, 0) is 37.2 Å². The predicted molar refractivity (Wildman–Crippen MR) is 90.8 cm³/mol. The SMILES string of the molecule is O=C(CNC(=O)c1cc(Cl)ccn1)NNC(=S)NC1CCCC1. The number of pyridine rings is 1. The Morgan fingerprint density at radius 2 is 2.04 bits per heavy atom. The molecule has 0 aliphatic heterocycles. The molecule has 1 aliphatic carbocycles. The van der Waals surface area contributed by atoms with Crippen LogP contribution in [0.5, 0.6) is 0 Å². The molecular weight excluding hydrogens is 338 g/mol. The molecule has 1 saturated carbocycles. The number of carbonyl (C=O) groups excluding carboxylic acids is 2. The number of nitrogens with zero attached hydrogens (tertiary/aromatic N) is 1. The zero-order chi connectivity index (χ0) is 16.7. The van der Waals surface area contributed by atoms with Crippen LogP contribution in [-0.2, 0) is 4.79 Å². The molecule has 2 rings (SSSR count). The molecular formula is C14H18ClN5O2S. The number of rotatable bonds is 4. The minimum absolute atomic E-state index is 0.150. The third kappa shape index (κ3) is 5.99. The molecule has 9 heteroatoms. The Kier molecular flexibility index (Phi) is 6.54. The first-order chi connectivity index (χ1) is 11.0. The van der Waals surface area contributed by atoms with Crippen LogP contribution in [-0.4, -0.2) is 34.5 Å². The number of hydrogen-bond donors (Lipinski definition) is 4. The van der Waals surface area contributed by atoms with Gasteiger partial charge in [-0.25, -0.2) is 0 Å². The Hall–Kier alpha value is -1.93. The highest BCUT2D eigenvalue weighted by Gasteiger charge is 2.15. The summed E-state index contributed by atoms with van der Waals surface area (Å²) < 4.78 is 0. The van der Waals surface area contributed by atoms with Crippen LogP contribution in [0.4, 0.5) is 0 Å². The van der Waals surface area contributed by atoms with E-state index in [2.05, 4.69) is 26.5 Å². The molecule has 1 fully saturated rings. The van der Waals surface area contributed by atoms with Crippen molar-refractivity contribution < 1.29 is 9.59 Å². The van der Waals surface area contributed by atoms with E-state index in [4.69, 9.17) is 23.8 Å². The fourth-order valence-corrected chi connectivity index (χ4v) is 2.62. The van der Waals surface area contributed by atoms with Crippen molar-refractivity contribution in [2.45, 2.75) is 31.7 Å². The van der Waals surface area contributed by atoms with Crippen LogP contribution < -0.4 is 21.5 Å². The summed E-state index contributed by atoms with van der Waals surface area (Å²) in [5.41, 5.74) is 5.19. The maximum absolute atomic E-state index is 11.8. The molecule has 1 aromatic rings. The van der Waals surface area contributed by atoms with Gasteiger partial charge in [0.15, 0.2) is 5.11 Å². The van der Waals surface area contributed by atoms with Gasteiger partial charge in [-0.1, -0.05) is 24.4 Å². The maximum Gasteiger partial charge on any atom is 0.270 e. The van der Waals surface area contributed by atoms with Crippen molar-refractivity contribution in [2.75, 3.05) is 6.54 Å². The third-order valence-corrected chi connectivity index (χ3v) is 3.82. The number of halogens is 1. The first-order valence-corrected chi connectivity index (χ1v) is 8.08. The van der Waals surface area contributed by atoms with Gasteiger partial charge in [0, 0.05) is 17.3 Å². The van der Waals surface area contributed by atoms with Crippen molar-refractivity contribution in [3.63, 3.8) is 0 Å². The average Bonchev–Trinajstić information content (AvgIpc) is 3.03. The Labute approximate surface area is 144 Å². The monoisotopic (exact) mass is 355 g/mol. The van der Waals surface area contributed by atoms with Gasteiger partial charge in [-0.2, -0.15) is 0 Å². The predicted octanol–water partition coefficient (Wildman–Crippen LogP) is 0.903. The molecule has 0 spiro atoms. The minimum atomic E-state index is -0.477. The molecule has 23 heavy (non-hydrogen) atoms. The Balaban J connectivity index is 1.66. The number of carbonyl (C=O) groups is 2. The largest absolute Gasteiger partial charge is 0.359 e. The van der Waals surface area contributed by atoms with Gasteiger partial charge in [0.05, 0.1) is 6.54 Å².